The first kappa shape index (κ1) is 17.0. The molecule has 0 radical (unpaired) electrons. The molecule has 7 nitrogen and oxygen atoms in total. The minimum Gasteiger partial charge on any atom is -0.336 e. The Morgan fingerprint density at radius 1 is 1.55 bits per heavy atom. The molecule has 9 heteroatoms. The van der Waals surface area contributed by atoms with Crippen molar-refractivity contribution in [2.75, 3.05) is 19.6 Å². The van der Waals surface area contributed by atoms with Gasteiger partial charge in [0.05, 0.1) is 10.7 Å². The van der Waals surface area contributed by atoms with Gasteiger partial charge in [0.1, 0.15) is 18.4 Å². The predicted molar refractivity (Wildman–Crippen MR) is 87.7 cm³/mol. The second kappa shape index (κ2) is 7.26. The zero-order valence-corrected chi connectivity index (χ0v) is 14.5. The largest absolute Gasteiger partial charge is 0.336 e. The summed E-state index contributed by atoms with van der Waals surface area (Å²) in [5.74, 6) is 0.956. The van der Waals surface area contributed by atoms with Gasteiger partial charge in [-0.1, -0.05) is 0 Å². The van der Waals surface area contributed by atoms with E-state index >= 15 is 0 Å². The lowest BCUT2D eigenvalue weighted by Crippen LogP contribution is -2.50. The number of aryl methyl sites for hydroxylation is 1. The molecule has 1 N–H and O–H groups in total. The molecule has 1 saturated heterocycles. The van der Waals surface area contributed by atoms with Crippen molar-refractivity contribution in [1.82, 2.24) is 29.5 Å². The average Bonchev–Trinajstić information content (AvgIpc) is 3.07. The van der Waals surface area contributed by atoms with Gasteiger partial charge in [-0.3, -0.25) is 9.48 Å². The highest BCUT2D eigenvalue weighted by Crippen LogP contribution is 2.21. The Hall–Kier alpha value is -1.38. The quantitative estimate of drug-likeness (QED) is 0.849. The van der Waals surface area contributed by atoms with Crippen molar-refractivity contribution in [1.29, 1.82) is 0 Å². The van der Waals surface area contributed by atoms with Gasteiger partial charge in [-0.2, -0.15) is 5.10 Å². The number of aromatic nitrogens is 4. The molecule has 0 saturated carbocycles. The number of nitrogens with zero attached hydrogens (tertiary/aromatic N) is 5. The maximum Gasteiger partial charge on any atom is 0.245 e. The third-order valence-electron chi connectivity index (χ3n) is 3.62. The molecular weight excluding hydrogens is 372 g/mol. The summed E-state index contributed by atoms with van der Waals surface area (Å²) in [6, 6.07) is -0.0368. The van der Waals surface area contributed by atoms with E-state index in [1.807, 2.05) is 22.7 Å². The molecule has 22 heavy (non-hydrogen) atoms. The van der Waals surface area contributed by atoms with E-state index in [0.717, 1.165) is 23.4 Å². The van der Waals surface area contributed by atoms with Crippen LogP contribution in [0.1, 0.15) is 11.9 Å². The summed E-state index contributed by atoms with van der Waals surface area (Å²) < 4.78 is 4.48. The van der Waals surface area contributed by atoms with Crippen LogP contribution in [0.15, 0.2) is 29.3 Å². The standard InChI is InChI=1S/C13H17BrN6O.ClH/c1-18-4-3-16-13(18)11-7-15-2-5-20(11)12(21)9-19-8-10(14)6-17-19;/h3-4,6,8,11,15H,2,5,7,9H2,1H3;1H. The Morgan fingerprint density at radius 2 is 2.36 bits per heavy atom. The Labute approximate surface area is 143 Å². The van der Waals surface area contributed by atoms with E-state index in [-0.39, 0.29) is 30.9 Å². The van der Waals surface area contributed by atoms with E-state index < -0.39 is 0 Å². The third kappa shape index (κ3) is 3.50. The van der Waals surface area contributed by atoms with Gasteiger partial charge in [-0.25, -0.2) is 4.98 Å². The van der Waals surface area contributed by atoms with Gasteiger partial charge in [0, 0.05) is 45.3 Å². The van der Waals surface area contributed by atoms with Gasteiger partial charge in [0.25, 0.3) is 0 Å². The van der Waals surface area contributed by atoms with E-state index in [1.165, 1.54) is 0 Å². The van der Waals surface area contributed by atoms with Crippen molar-refractivity contribution in [3.8, 4) is 0 Å². The molecule has 3 rings (SSSR count). The molecule has 120 valence electrons. The summed E-state index contributed by atoms with van der Waals surface area (Å²) in [5, 5.41) is 7.47. The predicted octanol–water partition coefficient (Wildman–Crippen LogP) is 0.974. The van der Waals surface area contributed by atoms with E-state index in [1.54, 1.807) is 23.3 Å². The lowest BCUT2D eigenvalue weighted by atomic mass is 10.1. The molecule has 1 fully saturated rings. The fourth-order valence-electron chi connectivity index (χ4n) is 2.59. The van der Waals surface area contributed by atoms with Crippen LogP contribution in [0.3, 0.4) is 0 Å². The van der Waals surface area contributed by atoms with E-state index in [4.69, 9.17) is 0 Å². The first-order valence-corrected chi connectivity index (χ1v) is 7.60. The first-order chi connectivity index (χ1) is 10.1. The van der Waals surface area contributed by atoms with Crippen molar-refractivity contribution in [2.24, 2.45) is 7.05 Å². The summed E-state index contributed by atoms with van der Waals surface area (Å²) in [6.45, 7) is 2.44. The van der Waals surface area contributed by atoms with Crippen LogP contribution in [0, 0.1) is 0 Å². The molecule has 1 atom stereocenters. The molecule has 0 bridgehead atoms. The zero-order valence-electron chi connectivity index (χ0n) is 12.1. The highest BCUT2D eigenvalue weighted by Gasteiger charge is 2.30. The summed E-state index contributed by atoms with van der Waals surface area (Å²) in [4.78, 5) is 18.8. The summed E-state index contributed by atoms with van der Waals surface area (Å²) in [6.07, 6.45) is 7.14. The van der Waals surface area contributed by atoms with Crippen molar-refractivity contribution in [3.05, 3.63) is 35.1 Å². The summed E-state index contributed by atoms with van der Waals surface area (Å²) >= 11 is 3.34. The number of nitrogens with one attached hydrogen (secondary N) is 1. The van der Waals surface area contributed by atoms with Gasteiger partial charge in [-0.05, 0) is 15.9 Å². The Balaban J connectivity index is 0.00000176. The van der Waals surface area contributed by atoms with Crippen molar-refractivity contribution >= 4 is 34.2 Å². The van der Waals surface area contributed by atoms with E-state index in [2.05, 4.69) is 31.3 Å². The summed E-state index contributed by atoms with van der Waals surface area (Å²) in [7, 11) is 1.95. The SMILES string of the molecule is Cl.Cn1ccnc1C1CNCCN1C(=O)Cn1cc(Br)cn1. The number of amides is 1. The van der Waals surface area contributed by atoms with Crippen molar-refractivity contribution in [2.45, 2.75) is 12.6 Å². The number of carbonyl (C=O) groups is 1. The average molecular weight is 390 g/mol. The van der Waals surface area contributed by atoms with Crippen LogP contribution in [0.4, 0.5) is 0 Å². The monoisotopic (exact) mass is 388 g/mol. The second-order valence-corrected chi connectivity index (χ2v) is 5.98. The highest BCUT2D eigenvalue weighted by atomic mass is 79.9. The van der Waals surface area contributed by atoms with Gasteiger partial charge in [0.15, 0.2) is 0 Å². The number of carbonyl (C=O) groups excluding carboxylic acids is 1. The maximum absolute atomic E-state index is 12.6. The molecule has 0 spiro atoms. The molecule has 2 aromatic rings. The van der Waals surface area contributed by atoms with Crippen LogP contribution in [0.2, 0.25) is 0 Å². The number of hydrogen-bond donors (Lipinski definition) is 1. The van der Waals surface area contributed by atoms with Crippen LogP contribution in [0.5, 0.6) is 0 Å². The van der Waals surface area contributed by atoms with Gasteiger partial charge >= 0.3 is 0 Å². The van der Waals surface area contributed by atoms with Crippen LogP contribution in [0.25, 0.3) is 0 Å². The fourth-order valence-corrected chi connectivity index (χ4v) is 2.91. The Morgan fingerprint density at radius 3 is 3.00 bits per heavy atom. The number of rotatable bonds is 3. The summed E-state index contributed by atoms with van der Waals surface area (Å²) in [5.41, 5.74) is 0. The Bertz CT molecular complexity index is 642. The molecule has 2 aromatic heterocycles. The lowest BCUT2D eigenvalue weighted by molar-refractivity contribution is -0.135. The number of piperazine rings is 1. The van der Waals surface area contributed by atoms with Crippen LogP contribution in [-0.4, -0.2) is 49.8 Å². The zero-order chi connectivity index (χ0) is 14.8. The normalized spacial score (nSPS) is 18.1. The highest BCUT2D eigenvalue weighted by molar-refractivity contribution is 9.10. The Kier molecular flexibility index (Phi) is 5.60. The fraction of sp³-hybridized carbons (Fsp3) is 0.462. The van der Waals surface area contributed by atoms with Crippen LogP contribution < -0.4 is 5.32 Å². The molecule has 1 aliphatic rings. The lowest BCUT2D eigenvalue weighted by Gasteiger charge is -2.35. The van der Waals surface area contributed by atoms with E-state index in [0.29, 0.717) is 6.54 Å². The van der Waals surface area contributed by atoms with E-state index in [9.17, 15) is 4.79 Å². The van der Waals surface area contributed by atoms with Crippen LogP contribution >= 0.6 is 28.3 Å². The molecule has 0 aromatic carbocycles. The molecule has 1 aliphatic heterocycles. The third-order valence-corrected chi connectivity index (χ3v) is 4.03. The minimum atomic E-state index is -0.0368. The number of hydrogen-bond acceptors (Lipinski definition) is 4. The molecule has 3 heterocycles. The second-order valence-electron chi connectivity index (χ2n) is 5.06. The maximum atomic E-state index is 12.6. The molecule has 1 unspecified atom stereocenters. The first-order valence-electron chi connectivity index (χ1n) is 6.80. The van der Waals surface area contributed by atoms with Gasteiger partial charge < -0.3 is 14.8 Å². The number of imidazole rings is 1. The minimum absolute atomic E-state index is 0. The molecule has 1 amide bonds. The van der Waals surface area contributed by atoms with Gasteiger partial charge in [-0.15, -0.1) is 12.4 Å². The van der Waals surface area contributed by atoms with Gasteiger partial charge in [0.2, 0.25) is 5.91 Å². The molecule has 0 aliphatic carbocycles. The molecular formula is C13H18BrClN6O. The number of halogens is 2. The van der Waals surface area contributed by atoms with Crippen molar-refractivity contribution < 1.29 is 4.79 Å². The topological polar surface area (TPSA) is 68.0 Å². The smallest absolute Gasteiger partial charge is 0.245 e. The van der Waals surface area contributed by atoms with Crippen LogP contribution in [-0.2, 0) is 18.4 Å². The van der Waals surface area contributed by atoms with Crippen molar-refractivity contribution in [3.63, 3.8) is 0 Å².